The lowest BCUT2D eigenvalue weighted by Gasteiger charge is -2.08. The normalized spacial score (nSPS) is 11.3. The number of carbonyl (C=O) groups is 2. The molecule has 0 bridgehead atoms. The second kappa shape index (κ2) is 5.51. The SMILES string of the molecule is Cn1nc(C(=O)O)cc1C(=O)Oc1ccc(C(F)(F)F)cc1. The summed E-state index contributed by atoms with van der Waals surface area (Å²) in [5, 5.41) is 12.4. The lowest BCUT2D eigenvalue weighted by molar-refractivity contribution is -0.137. The fraction of sp³-hybridized carbons (Fsp3) is 0.154. The van der Waals surface area contributed by atoms with Crippen LogP contribution in [0.3, 0.4) is 0 Å². The number of halogens is 3. The average Bonchev–Trinajstić information content (AvgIpc) is 2.81. The Morgan fingerprint density at radius 3 is 2.27 bits per heavy atom. The Morgan fingerprint density at radius 2 is 1.82 bits per heavy atom. The van der Waals surface area contributed by atoms with Crippen LogP contribution in [0.5, 0.6) is 5.75 Å². The van der Waals surface area contributed by atoms with Crippen molar-refractivity contribution in [2.45, 2.75) is 6.18 Å². The van der Waals surface area contributed by atoms with E-state index < -0.39 is 23.7 Å². The third-order valence-electron chi connectivity index (χ3n) is 2.70. The van der Waals surface area contributed by atoms with Crippen LogP contribution in [0.25, 0.3) is 0 Å². The molecule has 0 aliphatic carbocycles. The van der Waals surface area contributed by atoms with Crippen LogP contribution >= 0.6 is 0 Å². The number of hydrogen-bond donors (Lipinski definition) is 1. The number of carbonyl (C=O) groups excluding carboxylic acids is 1. The highest BCUT2D eigenvalue weighted by Gasteiger charge is 2.30. The predicted octanol–water partition coefficient (Wildman–Crippen LogP) is 2.36. The second-order valence-corrected chi connectivity index (χ2v) is 4.26. The lowest BCUT2D eigenvalue weighted by Crippen LogP contribution is -2.13. The number of carboxylic acids is 1. The second-order valence-electron chi connectivity index (χ2n) is 4.26. The van der Waals surface area contributed by atoms with E-state index in [1.807, 2.05) is 0 Å². The largest absolute Gasteiger partial charge is 0.476 e. The molecule has 9 heteroatoms. The Bertz CT molecular complexity index is 720. The monoisotopic (exact) mass is 314 g/mol. The van der Waals surface area contributed by atoms with Crippen molar-refractivity contribution in [3.8, 4) is 5.75 Å². The maximum absolute atomic E-state index is 12.4. The van der Waals surface area contributed by atoms with E-state index in [0.29, 0.717) is 0 Å². The Balaban J connectivity index is 2.17. The van der Waals surface area contributed by atoms with Gasteiger partial charge < -0.3 is 9.84 Å². The van der Waals surface area contributed by atoms with Gasteiger partial charge >= 0.3 is 18.1 Å². The van der Waals surface area contributed by atoms with E-state index in [9.17, 15) is 22.8 Å². The molecule has 116 valence electrons. The number of ether oxygens (including phenoxy) is 1. The van der Waals surface area contributed by atoms with Gasteiger partial charge in [-0.25, -0.2) is 9.59 Å². The smallest absolute Gasteiger partial charge is 0.416 e. The number of hydrogen-bond acceptors (Lipinski definition) is 4. The summed E-state index contributed by atoms with van der Waals surface area (Å²) in [6, 6.07) is 4.54. The van der Waals surface area contributed by atoms with Gasteiger partial charge in [0.25, 0.3) is 0 Å². The Labute approximate surface area is 121 Å². The van der Waals surface area contributed by atoms with E-state index in [1.54, 1.807) is 0 Å². The van der Waals surface area contributed by atoms with E-state index in [1.165, 1.54) is 7.05 Å². The highest BCUT2D eigenvalue weighted by molar-refractivity contribution is 5.93. The van der Waals surface area contributed by atoms with Crippen molar-refractivity contribution >= 4 is 11.9 Å². The Kier molecular flexibility index (Phi) is 3.89. The summed E-state index contributed by atoms with van der Waals surface area (Å²) in [4.78, 5) is 22.6. The molecule has 0 spiro atoms. The van der Waals surface area contributed by atoms with Gasteiger partial charge in [0.15, 0.2) is 5.69 Å². The molecule has 0 aliphatic rings. The van der Waals surface area contributed by atoms with Crippen LogP contribution in [-0.4, -0.2) is 26.8 Å². The molecule has 0 radical (unpaired) electrons. The van der Waals surface area contributed by atoms with Gasteiger partial charge in [-0.05, 0) is 24.3 Å². The van der Waals surface area contributed by atoms with Crippen LogP contribution in [0.15, 0.2) is 30.3 Å². The van der Waals surface area contributed by atoms with Gasteiger partial charge in [0.1, 0.15) is 11.4 Å². The molecule has 6 nitrogen and oxygen atoms in total. The quantitative estimate of drug-likeness (QED) is 0.695. The topological polar surface area (TPSA) is 81.4 Å². The molecule has 1 aromatic heterocycles. The number of benzene rings is 1. The van der Waals surface area contributed by atoms with Crippen molar-refractivity contribution in [2.75, 3.05) is 0 Å². The third kappa shape index (κ3) is 3.25. The molecule has 0 fully saturated rings. The van der Waals surface area contributed by atoms with Gasteiger partial charge in [0.05, 0.1) is 5.56 Å². The molecule has 0 saturated carbocycles. The maximum atomic E-state index is 12.4. The molecule has 22 heavy (non-hydrogen) atoms. The zero-order chi connectivity index (χ0) is 16.5. The lowest BCUT2D eigenvalue weighted by atomic mass is 10.2. The minimum Gasteiger partial charge on any atom is -0.476 e. The number of rotatable bonds is 3. The zero-order valence-electron chi connectivity index (χ0n) is 11.1. The predicted molar refractivity (Wildman–Crippen MR) is 66.6 cm³/mol. The van der Waals surface area contributed by atoms with Gasteiger partial charge in [0, 0.05) is 13.1 Å². The van der Waals surface area contributed by atoms with Gasteiger partial charge in [-0.3, -0.25) is 4.68 Å². The van der Waals surface area contributed by atoms with Crippen LogP contribution in [0.1, 0.15) is 26.5 Å². The van der Waals surface area contributed by atoms with Gasteiger partial charge in [-0.2, -0.15) is 18.3 Å². The summed E-state index contributed by atoms with van der Waals surface area (Å²) in [7, 11) is 1.34. The third-order valence-corrected chi connectivity index (χ3v) is 2.70. The van der Waals surface area contributed by atoms with Crippen molar-refractivity contribution in [2.24, 2.45) is 7.05 Å². The van der Waals surface area contributed by atoms with Gasteiger partial charge in [-0.15, -0.1) is 0 Å². The minimum absolute atomic E-state index is 0.101. The number of esters is 1. The van der Waals surface area contributed by atoms with E-state index in [2.05, 4.69) is 5.10 Å². The van der Waals surface area contributed by atoms with E-state index >= 15 is 0 Å². The molecule has 1 aromatic carbocycles. The molecule has 0 amide bonds. The summed E-state index contributed by atoms with van der Waals surface area (Å²) < 4.78 is 43.1. The first-order chi connectivity index (χ1) is 10.2. The number of aromatic nitrogens is 2. The van der Waals surface area contributed by atoms with Crippen LogP contribution < -0.4 is 4.74 Å². The van der Waals surface area contributed by atoms with Crippen LogP contribution in [0.4, 0.5) is 13.2 Å². The number of nitrogens with zero attached hydrogens (tertiary/aromatic N) is 2. The number of alkyl halides is 3. The molecule has 2 rings (SSSR count). The first kappa shape index (κ1) is 15.5. The molecular formula is C13H9F3N2O4. The molecular weight excluding hydrogens is 305 g/mol. The van der Waals surface area contributed by atoms with Crippen LogP contribution in [0.2, 0.25) is 0 Å². The van der Waals surface area contributed by atoms with Crippen molar-refractivity contribution in [1.29, 1.82) is 0 Å². The van der Waals surface area contributed by atoms with Crippen molar-refractivity contribution in [3.63, 3.8) is 0 Å². The first-order valence-electron chi connectivity index (χ1n) is 5.85. The van der Waals surface area contributed by atoms with Gasteiger partial charge in [-0.1, -0.05) is 0 Å². The summed E-state index contributed by atoms with van der Waals surface area (Å²) in [6.45, 7) is 0. The minimum atomic E-state index is -4.49. The molecule has 1 heterocycles. The number of aryl methyl sites for hydroxylation is 1. The van der Waals surface area contributed by atoms with Crippen molar-refractivity contribution in [3.05, 3.63) is 47.3 Å². The highest BCUT2D eigenvalue weighted by atomic mass is 19.4. The maximum Gasteiger partial charge on any atom is 0.416 e. The molecule has 0 aliphatic heterocycles. The van der Waals surface area contributed by atoms with Gasteiger partial charge in [0.2, 0.25) is 0 Å². The summed E-state index contributed by atoms with van der Waals surface area (Å²) in [5.74, 6) is -2.34. The van der Waals surface area contributed by atoms with Crippen molar-refractivity contribution < 1.29 is 32.6 Å². The van der Waals surface area contributed by atoms with E-state index in [4.69, 9.17) is 9.84 Å². The fourth-order valence-electron chi connectivity index (χ4n) is 1.63. The summed E-state index contributed by atoms with van der Waals surface area (Å²) >= 11 is 0. The van der Waals surface area contributed by atoms with Crippen LogP contribution in [-0.2, 0) is 13.2 Å². The summed E-state index contributed by atoms with van der Waals surface area (Å²) in [5.41, 5.74) is -1.36. The van der Waals surface area contributed by atoms with Crippen molar-refractivity contribution in [1.82, 2.24) is 9.78 Å². The molecule has 0 atom stereocenters. The van der Waals surface area contributed by atoms with Crippen LogP contribution in [0, 0.1) is 0 Å². The Hall–Kier alpha value is -2.84. The summed E-state index contributed by atoms with van der Waals surface area (Å²) in [6.07, 6.45) is -4.49. The molecule has 1 N–H and O–H groups in total. The molecule has 0 unspecified atom stereocenters. The molecule has 2 aromatic rings. The van der Waals surface area contributed by atoms with E-state index in [-0.39, 0.29) is 17.1 Å². The fourth-order valence-corrected chi connectivity index (χ4v) is 1.63. The molecule has 0 saturated heterocycles. The Morgan fingerprint density at radius 1 is 1.23 bits per heavy atom. The van der Waals surface area contributed by atoms with E-state index in [0.717, 1.165) is 35.0 Å². The standard InChI is InChI=1S/C13H9F3N2O4/c1-18-10(6-9(17-18)11(19)20)12(21)22-8-4-2-7(3-5-8)13(14,15)16/h2-6H,1H3,(H,19,20). The number of aromatic carboxylic acids is 1. The number of carboxylic acid groups (broad SMARTS) is 1. The zero-order valence-corrected chi connectivity index (χ0v) is 11.1. The highest BCUT2D eigenvalue weighted by Crippen LogP contribution is 2.30. The average molecular weight is 314 g/mol. The first-order valence-corrected chi connectivity index (χ1v) is 5.85.